The lowest BCUT2D eigenvalue weighted by molar-refractivity contribution is -0.0791. The highest BCUT2D eigenvalue weighted by Crippen LogP contribution is 2.67. The molecule has 0 aromatic heterocycles. The minimum atomic E-state index is -0.729. The molecule has 0 radical (unpaired) electrons. The maximum Gasteiger partial charge on any atom is 0.0800 e. The predicted octanol–water partition coefficient (Wildman–Crippen LogP) is 4.16. The molecule has 0 heterocycles. The summed E-state index contributed by atoms with van der Waals surface area (Å²) in [5.41, 5.74) is 2.18. The van der Waals surface area contributed by atoms with Crippen LogP contribution in [0.2, 0.25) is 0 Å². The molecule has 10 atom stereocenters. The molecule has 4 aliphatic rings. The molecule has 0 spiro atoms. The van der Waals surface area contributed by atoms with Crippen LogP contribution < -0.4 is 0 Å². The molecule has 154 valence electrons. The Hall–Kier alpha value is -0.380. The van der Waals surface area contributed by atoms with Gasteiger partial charge >= 0.3 is 0 Å². The topological polar surface area (TPSA) is 60.7 Å². The van der Waals surface area contributed by atoms with E-state index < -0.39 is 6.10 Å². The Morgan fingerprint density at radius 2 is 1.93 bits per heavy atom. The normalized spacial score (nSPS) is 51.6. The van der Waals surface area contributed by atoms with Crippen molar-refractivity contribution in [3.8, 4) is 0 Å². The summed E-state index contributed by atoms with van der Waals surface area (Å²) in [5.74, 6) is 2.83. The molecular weight excluding hydrogens is 336 g/mol. The number of hydrogen-bond donors (Lipinski definition) is 3. The van der Waals surface area contributed by atoms with Gasteiger partial charge in [-0.25, -0.2) is 0 Å². The highest BCUT2D eigenvalue weighted by molar-refractivity contribution is 5.25. The minimum absolute atomic E-state index is 0.0580. The van der Waals surface area contributed by atoms with Crippen molar-refractivity contribution in [3.05, 3.63) is 11.6 Å². The van der Waals surface area contributed by atoms with Crippen LogP contribution in [0.15, 0.2) is 11.6 Å². The van der Waals surface area contributed by atoms with E-state index in [1.54, 1.807) is 5.57 Å². The van der Waals surface area contributed by atoms with Crippen molar-refractivity contribution in [2.75, 3.05) is 6.61 Å². The number of rotatable bonds is 3. The van der Waals surface area contributed by atoms with Gasteiger partial charge in [-0.05, 0) is 91.3 Å². The third-order valence-corrected chi connectivity index (χ3v) is 9.82. The van der Waals surface area contributed by atoms with Crippen LogP contribution in [0.4, 0.5) is 0 Å². The summed E-state index contributed by atoms with van der Waals surface area (Å²) >= 11 is 0. The summed E-state index contributed by atoms with van der Waals surface area (Å²) in [4.78, 5) is 0. The van der Waals surface area contributed by atoms with Crippen LogP contribution in [0.5, 0.6) is 0 Å². The molecule has 3 unspecified atom stereocenters. The molecule has 27 heavy (non-hydrogen) atoms. The zero-order chi connectivity index (χ0) is 19.6. The van der Waals surface area contributed by atoms with E-state index in [1.165, 1.54) is 32.1 Å². The zero-order valence-corrected chi connectivity index (χ0v) is 17.7. The highest BCUT2D eigenvalue weighted by atomic mass is 16.3. The fourth-order valence-corrected chi connectivity index (χ4v) is 8.25. The van der Waals surface area contributed by atoms with E-state index in [2.05, 4.69) is 26.8 Å². The van der Waals surface area contributed by atoms with Gasteiger partial charge in [0.1, 0.15) is 0 Å². The minimum Gasteiger partial charge on any atom is -0.394 e. The molecule has 3 nitrogen and oxygen atoms in total. The number of allylic oxidation sites excluding steroid dienone is 2. The quantitative estimate of drug-likeness (QED) is 0.648. The molecule has 0 amide bonds. The molecule has 0 aromatic rings. The van der Waals surface area contributed by atoms with Gasteiger partial charge in [0.05, 0.1) is 18.8 Å². The molecule has 0 bridgehead atoms. The van der Waals surface area contributed by atoms with Crippen LogP contribution in [0, 0.1) is 46.3 Å². The molecule has 3 fully saturated rings. The van der Waals surface area contributed by atoms with Gasteiger partial charge in [-0.2, -0.15) is 0 Å². The third-order valence-electron chi connectivity index (χ3n) is 9.82. The fourth-order valence-electron chi connectivity index (χ4n) is 8.25. The number of aliphatic hydroxyl groups excluding tert-OH is 3. The Labute approximate surface area is 165 Å². The van der Waals surface area contributed by atoms with Gasteiger partial charge < -0.3 is 15.3 Å². The van der Waals surface area contributed by atoms with Crippen LogP contribution in [0.1, 0.15) is 72.6 Å². The van der Waals surface area contributed by atoms with Gasteiger partial charge in [0.15, 0.2) is 0 Å². The summed E-state index contributed by atoms with van der Waals surface area (Å²) in [6.07, 6.45) is 9.93. The first-order valence-corrected chi connectivity index (χ1v) is 11.4. The van der Waals surface area contributed by atoms with Gasteiger partial charge in [-0.1, -0.05) is 39.3 Å². The lowest BCUT2D eigenvalue weighted by Gasteiger charge is -2.58. The summed E-state index contributed by atoms with van der Waals surface area (Å²) in [6.45, 7) is 9.12. The van der Waals surface area contributed by atoms with Crippen LogP contribution in [0.25, 0.3) is 0 Å². The molecule has 4 aliphatic carbocycles. The number of fused-ring (bicyclic) bond motifs is 5. The van der Waals surface area contributed by atoms with Gasteiger partial charge in [-0.15, -0.1) is 0 Å². The Kier molecular flexibility index (Phi) is 5.05. The smallest absolute Gasteiger partial charge is 0.0800 e. The molecule has 0 saturated heterocycles. The monoisotopic (exact) mass is 376 g/mol. The van der Waals surface area contributed by atoms with Crippen LogP contribution >= 0.6 is 0 Å². The summed E-state index contributed by atoms with van der Waals surface area (Å²) < 4.78 is 0. The highest BCUT2D eigenvalue weighted by Gasteiger charge is 2.62. The maximum atomic E-state index is 11.0. The summed E-state index contributed by atoms with van der Waals surface area (Å²) in [6, 6.07) is 0. The van der Waals surface area contributed by atoms with E-state index in [0.29, 0.717) is 17.3 Å². The molecule has 0 aliphatic heterocycles. The van der Waals surface area contributed by atoms with Gasteiger partial charge in [0.2, 0.25) is 0 Å². The molecule has 4 rings (SSSR count). The van der Waals surface area contributed by atoms with Crippen molar-refractivity contribution in [1.82, 2.24) is 0 Å². The maximum absolute atomic E-state index is 11.0. The number of aliphatic hydroxyl groups is 3. The molecule has 3 heteroatoms. The standard InChI is InChI=1S/C24H40O3/c1-14-7-9-23(3)16(11-14)5-6-17-18(23)8-10-24(4)19(17)12-20(26)22(24)15(2)21(27)13-25/h5,14-15,17-22,25-27H,6-13H2,1-4H3/t14-,15+,17+,18-,19-,20?,21?,22-,23?,24-/m0/s1. The molecule has 3 N–H and O–H groups in total. The Morgan fingerprint density at radius 1 is 1.19 bits per heavy atom. The van der Waals surface area contributed by atoms with E-state index >= 15 is 0 Å². The lowest BCUT2D eigenvalue weighted by atomic mass is 9.46. The molecular formula is C24H40O3. The average Bonchev–Trinajstić information content (AvgIpc) is 2.91. The van der Waals surface area contributed by atoms with E-state index in [-0.39, 0.29) is 30.0 Å². The van der Waals surface area contributed by atoms with E-state index in [0.717, 1.165) is 24.7 Å². The van der Waals surface area contributed by atoms with Crippen LogP contribution in [-0.2, 0) is 0 Å². The first kappa shape index (κ1) is 19.9. The second kappa shape index (κ2) is 6.85. The Bertz CT molecular complexity index is 600. The van der Waals surface area contributed by atoms with Gasteiger partial charge in [0, 0.05) is 0 Å². The molecule has 3 saturated carbocycles. The van der Waals surface area contributed by atoms with Crippen LogP contribution in [0.3, 0.4) is 0 Å². The van der Waals surface area contributed by atoms with Crippen molar-refractivity contribution in [1.29, 1.82) is 0 Å². The van der Waals surface area contributed by atoms with E-state index in [9.17, 15) is 15.3 Å². The van der Waals surface area contributed by atoms with Crippen molar-refractivity contribution in [2.45, 2.75) is 84.8 Å². The largest absolute Gasteiger partial charge is 0.394 e. The van der Waals surface area contributed by atoms with E-state index in [4.69, 9.17) is 0 Å². The summed E-state index contributed by atoms with van der Waals surface area (Å²) in [5, 5.41) is 30.8. The van der Waals surface area contributed by atoms with Crippen molar-refractivity contribution in [3.63, 3.8) is 0 Å². The van der Waals surface area contributed by atoms with Crippen molar-refractivity contribution < 1.29 is 15.3 Å². The fraction of sp³-hybridized carbons (Fsp3) is 0.917. The Morgan fingerprint density at radius 3 is 2.63 bits per heavy atom. The van der Waals surface area contributed by atoms with E-state index in [1.807, 2.05) is 6.92 Å². The predicted molar refractivity (Wildman–Crippen MR) is 108 cm³/mol. The third kappa shape index (κ3) is 2.87. The second-order valence-electron chi connectivity index (χ2n) is 11.1. The molecule has 0 aromatic carbocycles. The summed E-state index contributed by atoms with van der Waals surface area (Å²) in [7, 11) is 0. The second-order valence-corrected chi connectivity index (χ2v) is 11.1. The first-order valence-electron chi connectivity index (χ1n) is 11.4. The number of hydrogen-bond acceptors (Lipinski definition) is 3. The zero-order valence-electron chi connectivity index (χ0n) is 17.7. The SMILES string of the molecule is C[C@H]1CCC2(C)C(=CC[C@@H]3[C@@H]2CC[C@]2(C)[C@@H]([C@H](C)C(O)CO)C(O)C[C@@H]32)C1. The van der Waals surface area contributed by atoms with Crippen LogP contribution in [-0.4, -0.2) is 34.1 Å². The van der Waals surface area contributed by atoms with Gasteiger partial charge in [-0.3, -0.25) is 0 Å². The first-order chi connectivity index (χ1) is 12.7. The van der Waals surface area contributed by atoms with Crippen molar-refractivity contribution >= 4 is 0 Å². The van der Waals surface area contributed by atoms with Crippen molar-refractivity contribution in [2.24, 2.45) is 46.3 Å². The average molecular weight is 377 g/mol. The lowest BCUT2D eigenvalue weighted by Crippen LogP contribution is -2.51. The van der Waals surface area contributed by atoms with Gasteiger partial charge in [0.25, 0.3) is 0 Å². The Balaban J connectivity index is 1.64.